The molecule has 1 aromatic carbocycles. The van der Waals surface area contributed by atoms with Crippen LogP contribution in [0.5, 0.6) is 11.5 Å². The third-order valence-electron chi connectivity index (χ3n) is 5.63. The Bertz CT molecular complexity index is 844. The van der Waals surface area contributed by atoms with Gasteiger partial charge >= 0.3 is 0 Å². The average Bonchev–Trinajstić information content (AvgIpc) is 3.38. The molecule has 5 rings (SSSR count). The number of rotatable bonds is 3. The third kappa shape index (κ3) is 3.06. The summed E-state index contributed by atoms with van der Waals surface area (Å²) in [6.07, 6.45) is 4.35. The second kappa shape index (κ2) is 6.88. The van der Waals surface area contributed by atoms with E-state index in [-0.39, 0.29) is 11.9 Å². The first kappa shape index (κ1) is 16.6. The van der Waals surface area contributed by atoms with Crippen LogP contribution in [-0.4, -0.2) is 64.9 Å². The molecule has 7 nitrogen and oxygen atoms in total. The highest BCUT2D eigenvalue weighted by Gasteiger charge is 2.32. The van der Waals surface area contributed by atoms with Gasteiger partial charge in [0.05, 0.1) is 23.8 Å². The summed E-state index contributed by atoms with van der Waals surface area (Å²) in [6, 6.07) is 7.74. The second-order valence-electron chi connectivity index (χ2n) is 7.44. The lowest BCUT2D eigenvalue weighted by Crippen LogP contribution is -2.45. The van der Waals surface area contributed by atoms with Gasteiger partial charge in [-0.25, -0.2) is 0 Å². The molecule has 27 heavy (non-hydrogen) atoms. The summed E-state index contributed by atoms with van der Waals surface area (Å²) in [7, 11) is 0. The molecule has 2 aromatic rings. The van der Waals surface area contributed by atoms with Gasteiger partial charge in [-0.15, -0.1) is 0 Å². The van der Waals surface area contributed by atoms with E-state index in [0.29, 0.717) is 43.4 Å². The molecule has 1 saturated heterocycles. The van der Waals surface area contributed by atoms with E-state index < -0.39 is 0 Å². The molecule has 1 amide bonds. The Hall–Kier alpha value is -2.54. The van der Waals surface area contributed by atoms with Crippen LogP contribution in [0.25, 0.3) is 0 Å². The minimum atomic E-state index is -0.00350. The molecule has 0 radical (unpaired) electrons. The lowest BCUT2D eigenvalue weighted by atomic mass is 10.1. The number of hydrogen-bond donors (Lipinski definition) is 0. The molecule has 142 valence electrons. The average molecular weight is 368 g/mol. The van der Waals surface area contributed by atoms with Crippen molar-refractivity contribution < 1.29 is 14.3 Å². The molecule has 3 aliphatic heterocycles. The number of aromatic nitrogens is 2. The van der Waals surface area contributed by atoms with Crippen LogP contribution in [0.4, 0.5) is 0 Å². The van der Waals surface area contributed by atoms with Gasteiger partial charge in [0, 0.05) is 19.3 Å². The Labute approximate surface area is 158 Å². The van der Waals surface area contributed by atoms with Gasteiger partial charge in [-0.05, 0) is 44.1 Å². The molecule has 0 bridgehead atoms. The van der Waals surface area contributed by atoms with Gasteiger partial charge in [0.2, 0.25) is 0 Å². The topological polar surface area (TPSA) is 59.8 Å². The second-order valence-corrected chi connectivity index (χ2v) is 7.44. The molecular formula is C20H24N4O3. The van der Waals surface area contributed by atoms with E-state index in [1.807, 2.05) is 35.4 Å². The highest BCUT2D eigenvalue weighted by Crippen LogP contribution is 2.35. The van der Waals surface area contributed by atoms with Gasteiger partial charge in [0.15, 0.2) is 11.5 Å². The summed E-state index contributed by atoms with van der Waals surface area (Å²) < 4.78 is 13.5. The van der Waals surface area contributed by atoms with E-state index in [1.165, 1.54) is 12.8 Å². The summed E-state index contributed by atoms with van der Waals surface area (Å²) in [5, 5.41) is 4.52. The number of para-hydroxylation sites is 1. The van der Waals surface area contributed by atoms with Gasteiger partial charge in [-0.1, -0.05) is 6.07 Å². The van der Waals surface area contributed by atoms with Gasteiger partial charge in [0.25, 0.3) is 5.91 Å². The number of carbonyl (C=O) groups is 1. The third-order valence-corrected chi connectivity index (χ3v) is 5.63. The molecule has 1 unspecified atom stereocenters. The van der Waals surface area contributed by atoms with Crippen molar-refractivity contribution in [3.63, 3.8) is 0 Å². The zero-order chi connectivity index (χ0) is 18.2. The zero-order valence-corrected chi connectivity index (χ0v) is 15.3. The molecular weight excluding hydrogens is 344 g/mol. The predicted molar refractivity (Wildman–Crippen MR) is 99.1 cm³/mol. The van der Waals surface area contributed by atoms with Crippen molar-refractivity contribution in [2.24, 2.45) is 0 Å². The highest BCUT2D eigenvalue weighted by atomic mass is 16.6. The normalized spacial score (nSPS) is 21.9. The Morgan fingerprint density at radius 2 is 2.00 bits per heavy atom. The molecule has 1 atom stereocenters. The summed E-state index contributed by atoms with van der Waals surface area (Å²) in [4.78, 5) is 17.7. The first-order valence-electron chi connectivity index (χ1n) is 9.72. The van der Waals surface area contributed by atoms with Crippen LogP contribution in [-0.2, 0) is 6.54 Å². The van der Waals surface area contributed by atoms with Crippen molar-refractivity contribution in [1.29, 1.82) is 0 Å². The van der Waals surface area contributed by atoms with Gasteiger partial charge in [-0.2, -0.15) is 5.10 Å². The van der Waals surface area contributed by atoms with Crippen LogP contribution in [0.1, 0.15) is 34.9 Å². The van der Waals surface area contributed by atoms with E-state index >= 15 is 0 Å². The van der Waals surface area contributed by atoms with Crippen molar-refractivity contribution in [3.05, 3.63) is 41.7 Å². The standard InChI is InChI=1S/C20H24N4O3/c25-20(17-4-3-5-18-19(17)27-11-10-26-18)23-13-15-6-7-21-24(15)16(14-23)12-22-8-1-2-9-22/h3-7,16H,1-2,8-14H2. The number of likely N-dealkylation sites (tertiary alicyclic amines) is 1. The number of nitrogens with zero attached hydrogens (tertiary/aromatic N) is 4. The first-order chi connectivity index (χ1) is 13.3. The van der Waals surface area contributed by atoms with Crippen molar-refractivity contribution in [2.75, 3.05) is 39.4 Å². The predicted octanol–water partition coefficient (Wildman–Crippen LogP) is 1.95. The van der Waals surface area contributed by atoms with Crippen molar-refractivity contribution >= 4 is 5.91 Å². The van der Waals surface area contributed by atoms with E-state index in [4.69, 9.17) is 9.47 Å². The largest absolute Gasteiger partial charge is 0.486 e. The van der Waals surface area contributed by atoms with E-state index in [0.717, 1.165) is 25.3 Å². The summed E-state index contributed by atoms with van der Waals surface area (Å²) in [5.74, 6) is 1.22. The molecule has 0 saturated carbocycles. The van der Waals surface area contributed by atoms with Crippen LogP contribution in [0.3, 0.4) is 0 Å². The minimum Gasteiger partial charge on any atom is -0.486 e. The molecule has 1 fully saturated rings. The highest BCUT2D eigenvalue weighted by molar-refractivity contribution is 5.98. The van der Waals surface area contributed by atoms with Crippen molar-refractivity contribution in [1.82, 2.24) is 19.6 Å². The summed E-state index contributed by atoms with van der Waals surface area (Å²) in [5.41, 5.74) is 1.67. The summed E-state index contributed by atoms with van der Waals surface area (Å²) >= 11 is 0. The number of carbonyl (C=O) groups excluding carboxylic acids is 1. The fraction of sp³-hybridized carbons (Fsp3) is 0.500. The fourth-order valence-corrected chi connectivity index (χ4v) is 4.35. The lowest BCUT2D eigenvalue weighted by molar-refractivity contribution is 0.0637. The molecule has 0 aliphatic carbocycles. The maximum atomic E-state index is 13.3. The van der Waals surface area contributed by atoms with E-state index in [9.17, 15) is 4.79 Å². The zero-order valence-electron chi connectivity index (χ0n) is 15.3. The first-order valence-corrected chi connectivity index (χ1v) is 9.72. The molecule has 3 aliphatic rings. The molecule has 0 spiro atoms. The summed E-state index contributed by atoms with van der Waals surface area (Å²) in [6.45, 7) is 5.43. The quantitative estimate of drug-likeness (QED) is 0.829. The van der Waals surface area contributed by atoms with Crippen LogP contribution < -0.4 is 9.47 Å². The number of fused-ring (bicyclic) bond motifs is 2. The van der Waals surface area contributed by atoms with Gasteiger partial charge in [0.1, 0.15) is 13.2 Å². The van der Waals surface area contributed by atoms with Crippen LogP contribution in [0.15, 0.2) is 30.5 Å². The Kier molecular flexibility index (Phi) is 4.24. The maximum Gasteiger partial charge on any atom is 0.258 e. The monoisotopic (exact) mass is 368 g/mol. The molecule has 0 N–H and O–H groups in total. The van der Waals surface area contributed by atoms with Crippen LogP contribution in [0, 0.1) is 0 Å². The number of benzene rings is 1. The maximum absolute atomic E-state index is 13.3. The van der Waals surface area contributed by atoms with Gasteiger partial charge < -0.3 is 19.3 Å². The Morgan fingerprint density at radius 3 is 2.89 bits per heavy atom. The molecule has 7 heteroatoms. The fourth-order valence-electron chi connectivity index (χ4n) is 4.35. The van der Waals surface area contributed by atoms with Crippen molar-refractivity contribution in [2.45, 2.75) is 25.4 Å². The van der Waals surface area contributed by atoms with E-state index in [1.54, 1.807) is 0 Å². The molecule has 4 heterocycles. The van der Waals surface area contributed by atoms with Gasteiger partial charge in [-0.3, -0.25) is 9.48 Å². The smallest absolute Gasteiger partial charge is 0.258 e. The lowest BCUT2D eigenvalue weighted by Gasteiger charge is -2.36. The SMILES string of the molecule is O=C(c1cccc2c1OCCO2)N1Cc2ccnn2C(CN2CCCC2)C1. The minimum absolute atomic E-state index is 0.00350. The Balaban J connectivity index is 1.41. The van der Waals surface area contributed by atoms with Crippen LogP contribution in [0.2, 0.25) is 0 Å². The number of ether oxygens (including phenoxy) is 2. The van der Waals surface area contributed by atoms with Crippen LogP contribution >= 0.6 is 0 Å². The number of amides is 1. The Morgan fingerprint density at radius 1 is 1.15 bits per heavy atom. The van der Waals surface area contributed by atoms with Crippen molar-refractivity contribution in [3.8, 4) is 11.5 Å². The van der Waals surface area contributed by atoms with E-state index in [2.05, 4.69) is 14.7 Å². The molecule has 1 aromatic heterocycles. The number of hydrogen-bond acceptors (Lipinski definition) is 5.